The summed E-state index contributed by atoms with van der Waals surface area (Å²) in [5.41, 5.74) is 6.96. The number of rotatable bonds is 6. The Hall–Kier alpha value is -1.75. The molecule has 1 fully saturated rings. The summed E-state index contributed by atoms with van der Waals surface area (Å²) in [6.07, 6.45) is 2.57. The van der Waals surface area contributed by atoms with Gasteiger partial charge in [-0.2, -0.15) is 0 Å². The molecule has 0 aliphatic heterocycles. The van der Waals surface area contributed by atoms with Gasteiger partial charge in [0.2, 0.25) is 0 Å². The quantitative estimate of drug-likeness (QED) is 0.665. The molecule has 0 amide bonds. The second-order valence-corrected chi connectivity index (χ2v) is 4.71. The summed E-state index contributed by atoms with van der Waals surface area (Å²) in [5, 5.41) is 12.2. The molecule has 1 aromatic rings. The van der Waals surface area contributed by atoms with Crippen LogP contribution in [-0.4, -0.2) is 42.2 Å². The number of carboxylic acids is 1. The number of nitrogens with zero attached hydrogens (tertiary/aromatic N) is 1. The van der Waals surface area contributed by atoms with Crippen LogP contribution in [0.3, 0.4) is 0 Å². The molecule has 1 saturated carbocycles. The minimum Gasteiger partial charge on any atom is -0.478 e. The van der Waals surface area contributed by atoms with E-state index in [1.807, 2.05) is 0 Å². The lowest BCUT2D eigenvalue weighted by atomic mass is 10.1. The summed E-state index contributed by atoms with van der Waals surface area (Å²) < 4.78 is 0. The summed E-state index contributed by atoms with van der Waals surface area (Å²) >= 11 is 0. The highest BCUT2D eigenvalue weighted by Gasteiger charge is 2.25. The van der Waals surface area contributed by atoms with Crippen LogP contribution in [0, 0.1) is 0 Å². The van der Waals surface area contributed by atoms with Gasteiger partial charge in [-0.15, -0.1) is 0 Å². The zero-order valence-electron chi connectivity index (χ0n) is 10.5. The molecule has 1 aliphatic rings. The van der Waals surface area contributed by atoms with Gasteiger partial charge in [-0.05, 0) is 32.0 Å². The van der Waals surface area contributed by atoms with E-state index in [-0.39, 0.29) is 5.56 Å². The van der Waals surface area contributed by atoms with Crippen molar-refractivity contribution in [2.24, 2.45) is 0 Å². The fraction of sp³-hybridized carbons (Fsp3) is 0.462. The highest BCUT2D eigenvalue weighted by atomic mass is 16.4. The van der Waals surface area contributed by atoms with Gasteiger partial charge in [-0.25, -0.2) is 4.79 Å². The number of likely N-dealkylation sites (N-methyl/N-ethyl adjacent to an activating group) is 1. The first kappa shape index (κ1) is 12.7. The lowest BCUT2D eigenvalue weighted by molar-refractivity contribution is 0.0698. The van der Waals surface area contributed by atoms with Gasteiger partial charge in [0.15, 0.2) is 0 Å². The number of carboxylic acid groups (broad SMARTS) is 1. The fourth-order valence-corrected chi connectivity index (χ4v) is 1.97. The largest absolute Gasteiger partial charge is 0.478 e. The first-order valence-electron chi connectivity index (χ1n) is 6.15. The predicted octanol–water partition coefficient (Wildman–Crippen LogP) is 1.47. The van der Waals surface area contributed by atoms with Gasteiger partial charge in [-0.1, -0.05) is 6.07 Å². The third-order valence-corrected chi connectivity index (χ3v) is 3.29. The van der Waals surface area contributed by atoms with Crippen molar-refractivity contribution in [3.05, 3.63) is 23.8 Å². The molecule has 0 unspecified atom stereocenters. The molecule has 0 radical (unpaired) electrons. The van der Waals surface area contributed by atoms with Crippen LogP contribution < -0.4 is 11.1 Å². The SMILES string of the molecule is CN(CCNc1cccc(C(=O)O)c1N)C1CC1. The molecule has 1 aromatic carbocycles. The molecule has 5 heteroatoms. The van der Waals surface area contributed by atoms with E-state index in [4.69, 9.17) is 10.8 Å². The van der Waals surface area contributed by atoms with Crippen molar-refractivity contribution in [3.8, 4) is 0 Å². The molecule has 0 saturated heterocycles. The molecular weight excluding hydrogens is 230 g/mol. The van der Waals surface area contributed by atoms with Crippen molar-refractivity contribution in [1.82, 2.24) is 4.90 Å². The van der Waals surface area contributed by atoms with E-state index in [0.29, 0.717) is 11.4 Å². The van der Waals surface area contributed by atoms with Gasteiger partial charge in [-0.3, -0.25) is 0 Å². The molecule has 5 nitrogen and oxygen atoms in total. The van der Waals surface area contributed by atoms with Crippen molar-refractivity contribution in [1.29, 1.82) is 0 Å². The first-order chi connectivity index (χ1) is 8.59. The van der Waals surface area contributed by atoms with Crippen molar-refractivity contribution in [2.75, 3.05) is 31.2 Å². The van der Waals surface area contributed by atoms with E-state index in [2.05, 4.69) is 17.3 Å². The van der Waals surface area contributed by atoms with E-state index < -0.39 is 5.97 Å². The molecule has 0 spiro atoms. The van der Waals surface area contributed by atoms with Crippen molar-refractivity contribution >= 4 is 17.3 Å². The van der Waals surface area contributed by atoms with Crippen LogP contribution in [0.2, 0.25) is 0 Å². The fourth-order valence-electron chi connectivity index (χ4n) is 1.97. The summed E-state index contributed by atoms with van der Waals surface area (Å²) in [4.78, 5) is 13.2. The lowest BCUT2D eigenvalue weighted by Crippen LogP contribution is -2.27. The standard InChI is InChI=1S/C13H19N3O2/c1-16(9-5-6-9)8-7-15-11-4-2-3-10(12(11)14)13(17)18/h2-4,9,15H,5-8,14H2,1H3,(H,17,18). The maximum Gasteiger partial charge on any atom is 0.337 e. The molecular formula is C13H19N3O2. The maximum atomic E-state index is 10.9. The maximum absolute atomic E-state index is 10.9. The van der Waals surface area contributed by atoms with Crippen LogP contribution in [0.25, 0.3) is 0 Å². The summed E-state index contributed by atoms with van der Waals surface area (Å²) in [6, 6.07) is 5.75. The van der Waals surface area contributed by atoms with Gasteiger partial charge < -0.3 is 21.1 Å². The van der Waals surface area contributed by atoms with Gasteiger partial charge >= 0.3 is 5.97 Å². The molecule has 0 aromatic heterocycles. The van der Waals surface area contributed by atoms with E-state index in [1.165, 1.54) is 18.9 Å². The number of nitrogen functional groups attached to an aromatic ring is 1. The minimum absolute atomic E-state index is 0.149. The van der Waals surface area contributed by atoms with Gasteiger partial charge in [0, 0.05) is 19.1 Å². The third kappa shape index (κ3) is 2.92. The minimum atomic E-state index is -0.994. The van der Waals surface area contributed by atoms with Crippen LogP contribution in [0.4, 0.5) is 11.4 Å². The molecule has 0 heterocycles. The first-order valence-corrected chi connectivity index (χ1v) is 6.15. The Balaban J connectivity index is 1.92. The molecule has 0 atom stereocenters. The molecule has 18 heavy (non-hydrogen) atoms. The number of aromatic carboxylic acids is 1. The topological polar surface area (TPSA) is 78.6 Å². The number of hydrogen-bond acceptors (Lipinski definition) is 4. The number of benzene rings is 1. The Kier molecular flexibility index (Phi) is 3.72. The van der Waals surface area contributed by atoms with Gasteiger partial charge in [0.05, 0.1) is 16.9 Å². The molecule has 0 bridgehead atoms. The summed E-state index contributed by atoms with van der Waals surface area (Å²) in [7, 11) is 2.11. The Morgan fingerprint density at radius 1 is 1.56 bits per heavy atom. The van der Waals surface area contributed by atoms with E-state index in [9.17, 15) is 4.79 Å². The molecule has 2 rings (SSSR count). The molecule has 98 valence electrons. The van der Waals surface area contributed by atoms with Crippen LogP contribution in [0.5, 0.6) is 0 Å². The van der Waals surface area contributed by atoms with Crippen LogP contribution in [0.15, 0.2) is 18.2 Å². The lowest BCUT2D eigenvalue weighted by Gasteiger charge is -2.17. The van der Waals surface area contributed by atoms with Crippen LogP contribution in [-0.2, 0) is 0 Å². The highest BCUT2D eigenvalue weighted by Crippen LogP contribution is 2.25. The second-order valence-electron chi connectivity index (χ2n) is 4.71. The monoisotopic (exact) mass is 249 g/mol. The smallest absolute Gasteiger partial charge is 0.337 e. The van der Waals surface area contributed by atoms with Gasteiger partial charge in [0.1, 0.15) is 0 Å². The number of nitrogens with one attached hydrogen (secondary N) is 1. The highest BCUT2D eigenvalue weighted by molar-refractivity contribution is 5.97. The van der Waals surface area contributed by atoms with E-state index in [0.717, 1.165) is 19.1 Å². The van der Waals surface area contributed by atoms with E-state index in [1.54, 1.807) is 12.1 Å². The third-order valence-electron chi connectivity index (χ3n) is 3.29. The zero-order valence-corrected chi connectivity index (χ0v) is 10.5. The molecule has 1 aliphatic carbocycles. The second kappa shape index (κ2) is 5.27. The Bertz CT molecular complexity index is 444. The molecule has 4 N–H and O–H groups in total. The summed E-state index contributed by atoms with van der Waals surface area (Å²) in [5.74, 6) is -0.994. The number of carbonyl (C=O) groups is 1. The van der Waals surface area contributed by atoms with Crippen molar-refractivity contribution in [2.45, 2.75) is 18.9 Å². The Morgan fingerprint density at radius 3 is 2.89 bits per heavy atom. The Morgan fingerprint density at radius 2 is 2.28 bits per heavy atom. The normalized spacial score (nSPS) is 14.8. The van der Waals surface area contributed by atoms with Gasteiger partial charge in [0.25, 0.3) is 0 Å². The van der Waals surface area contributed by atoms with Crippen LogP contribution >= 0.6 is 0 Å². The average molecular weight is 249 g/mol. The zero-order chi connectivity index (χ0) is 13.1. The number of hydrogen-bond donors (Lipinski definition) is 3. The van der Waals surface area contributed by atoms with Crippen molar-refractivity contribution in [3.63, 3.8) is 0 Å². The summed E-state index contributed by atoms with van der Waals surface area (Å²) in [6.45, 7) is 1.70. The number of para-hydroxylation sites is 1. The predicted molar refractivity (Wildman–Crippen MR) is 72.0 cm³/mol. The van der Waals surface area contributed by atoms with Crippen molar-refractivity contribution < 1.29 is 9.90 Å². The van der Waals surface area contributed by atoms with E-state index >= 15 is 0 Å². The number of anilines is 2. The van der Waals surface area contributed by atoms with Crippen LogP contribution in [0.1, 0.15) is 23.2 Å². The number of nitrogens with two attached hydrogens (primary N) is 1. The average Bonchev–Trinajstić information content (AvgIpc) is 3.14. The Labute approximate surface area is 107 Å².